The van der Waals surface area contributed by atoms with Crippen LogP contribution >= 0.6 is 0 Å². The van der Waals surface area contributed by atoms with E-state index in [2.05, 4.69) is 9.88 Å². The Morgan fingerprint density at radius 1 is 1.15 bits per heavy atom. The molecule has 108 valence electrons. The van der Waals surface area contributed by atoms with E-state index in [-0.39, 0.29) is 10.9 Å². The zero-order valence-electron chi connectivity index (χ0n) is 12.0. The van der Waals surface area contributed by atoms with Crippen molar-refractivity contribution < 1.29 is 12.9 Å². The van der Waals surface area contributed by atoms with Crippen molar-refractivity contribution in [3.8, 4) is 0 Å². The zero-order chi connectivity index (χ0) is 14.9. The van der Waals surface area contributed by atoms with E-state index in [1.807, 2.05) is 31.2 Å². The van der Waals surface area contributed by atoms with E-state index in [0.717, 1.165) is 11.1 Å². The predicted molar refractivity (Wildman–Crippen MR) is 75.9 cm³/mol. The number of hydrogen-bond donors (Lipinski definition) is 1. The predicted octanol–water partition coefficient (Wildman–Crippen LogP) is 2.64. The number of sulfonamides is 1. The van der Waals surface area contributed by atoms with Gasteiger partial charge in [-0.05, 0) is 33.3 Å². The summed E-state index contributed by atoms with van der Waals surface area (Å²) in [4.78, 5) is 0.122. The van der Waals surface area contributed by atoms with Crippen molar-refractivity contribution in [1.29, 1.82) is 0 Å². The summed E-state index contributed by atoms with van der Waals surface area (Å²) in [5, 5.41) is 3.68. The van der Waals surface area contributed by atoms with Crippen LogP contribution in [-0.2, 0) is 10.0 Å². The van der Waals surface area contributed by atoms with Gasteiger partial charge in [0.25, 0.3) is 0 Å². The Kier molecular flexibility index (Phi) is 3.96. The number of hydrogen-bond acceptors (Lipinski definition) is 4. The molecule has 0 saturated heterocycles. The van der Waals surface area contributed by atoms with Gasteiger partial charge in [0, 0.05) is 6.04 Å². The average Bonchev–Trinajstić information content (AvgIpc) is 2.69. The van der Waals surface area contributed by atoms with Gasteiger partial charge in [-0.2, -0.15) is 0 Å². The number of aromatic nitrogens is 1. The highest BCUT2D eigenvalue weighted by Gasteiger charge is 2.26. The molecular formula is C14H18N2O3S. The second-order valence-corrected chi connectivity index (χ2v) is 6.56. The first-order valence-electron chi connectivity index (χ1n) is 6.33. The first-order valence-corrected chi connectivity index (χ1v) is 7.81. The maximum Gasteiger partial charge on any atom is 0.246 e. The van der Waals surface area contributed by atoms with Crippen LogP contribution in [0.4, 0.5) is 0 Å². The molecule has 0 amide bonds. The number of rotatable bonds is 4. The quantitative estimate of drug-likeness (QED) is 0.941. The normalized spacial score (nSPS) is 13.4. The molecule has 5 nitrogen and oxygen atoms in total. The van der Waals surface area contributed by atoms with E-state index < -0.39 is 10.0 Å². The lowest BCUT2D eigenvalue weighted by Crippen LogP contribution is -2.27. The summed E-state index contributed by atoms with van der Waals surface area (Å²) in [6, 6.07) is 7.41. The highest BCUT2D eigenvalue weighted by Crippen LogP contribution is 2.22. The molecule has 1 heterocycles. The Morgan fingerprint density at radius 2 is 1.75 bits per heavy atom. The zero-order valence-corrected chi connectivity index (χ0v) is 12.8. The maximum atomic E-state index is 12.4. The molecule has 1 N–H and O–H groups in total. The Morgan fingerprint density at radius 3 is 2.25 bits per heavy atom. The third-order valence-electron chi connectivity index (χ3n) is 3.15. The Bertz CT molecular complexity index is 683. The van der Waals surface area contributed by atoms with Gasteiger partial charge in [-0.25, -0.2) is 13.1 Å². The molecule has 0 spiro atoms. The molecule has 0 radical (unpaired) electrons. The highest BCUT2D eigenvalue weighted by molar-refractivity contribution is 7.89. The summed E-state index contributed by atoms with van der Waals surface area (Å²) in [6.45, 7) is 7.00. The van der Waals surface area contributed by atoms with Gasteiger partial charge in [0.1, 0.15) is 10.6 Å². The Balaban J connectivity index is 2.27. The van der Waals surface area contributed by atoms with Crippen LogP contribution in [0.1, 0.15) is 35.5 Å². The first-order chi connectivity index (χ1) is 9.31. The third-order valence-corrected chi connectivity index (χ3v) is 4.93. The molecule has 2 aromatic rings. The Hall–Kier alpha value is -1.66. The molecule has 0 fully saturated rings. The molecule has 0 aliphatic heterocycles. The van der Waals surface area contributed by atoms with Crippen LogP contribution in [0.15, 0.2) is 33.7 Å². The summed E-state index contributed by atoms with van der Waals surface area (Å²) in [7, 11) is -3.64. The van der Waals surface area contributed by atoms with Gasteiger partial charge in [-0.1, -0.05) is 35.0 Å². The summed E-state index contributed by atoms with van der Waals surface area (Å²) in [6.07, 6.45) is 0. The van der Waals surface area contributed by atoms with Crippen LogP contribution in [0, 0.1) is 20.8 Å². The van der Waals surface area contributed by atoms with Gasteiger partial charge in [-0.3, -0.25) is 0 Å². The van der Waals surface area contributed by atoms with E-state index in [4.69, 9.17) is 4.52 Å². The molecule has 0 unspecified atom stereocenters. The fourth-order valence-electron chi connectivity index (χ4n) is 2.07. The Labute approximate surface area is 119 Å². The van der Waals surface area contributed by atoms with E-state index in [9.17, 15) is 8.42 Å². The fourth-order valence-corrected chi connectivity index (χ4v) is 3.63. The second kappa shape index (κ2) is 5.38. The molecule has 0 aliphatic carbocycles. The fraction of sp³-hybridized carbons (Fsp3) is 0.357. The van der Waals surface area contributed by atoms with Crippen molar-refractivity contribution in [2.24, 2.45) is 0 Å². The lowest BCUT2D eigenvalue weighted by molar-refractivity contribution is 0.390. The smallest absolute Gasteiger partial charge is 0.246 e. The lowest BCUT2D eigenvalue weighted by atomic mass is 10.1. The van der Waals surface area contributed by atoms with Gasteiger partial charge in [-0.15, -0.1) is 0 Å². The van der Waals surface area contributed by atoms with Crippen molar-refractivity contribution in [1.82, 2.24) is 9.88 Å². The second-order valence-electron chi connectivity index (χ2n) is 4.91. The van der Waals surface area contributed by atoms with Gasteiger partial charge in [0.05, 0.1) is 0 Å². The molecule has 2 rings (SSSR count). The summed E-state index contributed by atoms with van der Waals surface area (Å²) >= 11 is 0. The van der Waals surface area contributed by atoms with Crippen LogP contribution in [0.2, 0.25) is 0 Å². The minimum absolute atomic E-state index is 0.122. The van der Waals surface area contributed by atoms with Crippen molar-refractivity contribution in [2.45, 2.75) is 38.6 Å². The van der Waals surface area contributed by atoms with Gasteiger partial charge < -0.3 is 4.52 Å². The first kappa shape index (κ1) is 14.7. The molecule has 1 aromatic carbocycles. The number of benzene rings is 1. The molecule has 0 aliphatic rings. The van der Waals surface area contributed by atoms with E-state index in [0.29, 0.717) is 11.5 Å². The van der Waals surface area contributed by atoms with E-state index >= 15 is 0 Å². The summed E-state index contributed by atoms with van der Waals surface area (Å²) in [5.74, 6) is 0.297. The topological polar surface area (TPSA) is 72.2 Å². The molecular weight excluding hydrogens is 276 g/mol. The standard InChI is InChI=1S/C14H18N2O3S/c1-9-5-7-13(8-6-9)10(2)16-20(17,18)14-11(3)15-19-12(14)4/h5-8,10,16H,1-4H3/t10-/m1/s1. The third kappa shape index (κ3) is 2.91. The molecule has 0 saturated carbocycles. The molecule has 0 bridgehead atoms. The highest BCUT2D eigenvalue weighted by atomic mass is 32.2. The molecule has 1 atom stereocenters. The van der Waals surface area contributed by atoms with Crippen LogP contribution < -0.4 is 4.72 Å². The number of nitrogens with zero attached hydrogens (tertiary/aromatic N) is 1. The molecule has 1 aromatic heterocycles. The molecule has 6 heteroatoms. The molecule has 20 heavy (non-hydrogen) atoms. The van der Waals surface area contributed by atoms with E-state index in [1.54, 1.807) is 20.8 Å². The van der Waals surface area contributed by atoms with Crippen molar-refractivity contribution in [3.63, 3.8) is 0 Å². The maximum absolute atomic E-state index is 12.4. The number of aryl methyl sites for hydroxylation is 3. The minimum Gasteiger partial charge on any atom is -0.360 e. The van der Waals surface area contributed by atoms with Crippen LogP contribution in [0.5, 0.6) is 0 Å². The van der Waals surface area contributed by atoms with Crippen LogP contribution in [0.25, 0.3) is 0 Å². The average molecular weight is 294 g/mol. The van der Waals surface area contributed by atoms with Crippen LogP contribution in [-0.4, -0.2) is 13.6 Å². The van der Waals surface area contributed by atoms with Crippen molar-refractivity contribution >= 4 is 10.0 Å². The SMILES string of the molecule is Cc1ccc([C@@H](C)NS(=O)(=O)c2c(C)noc2C)cc1. The summed E-state index contributed by atoms with van der Waals surface area (Å²) in [5.41, 5.74) is 2.41. The van der Waals surface area contributed by atoms with Crippen molar-refractivity contribution in [3.05, 3.63) is 46.8 Å². The monoisotopic (exact) mass is 294 g/mol. The van der Waals surface area contributed by atoms with Gasteiger partial charge >= 0.3 is 0 Å². The lowest BCUT2D eigenvalue weighted by Gasteiger charge is -2.14. The van der Waals surface area contributed by atoms with E-state index in [1.165, 1.54) is 0 Å². The van der Waals surface area contributed by atoms with Crippen LogP contribution in [0.3, 0.4) is 0 Å². The van der Waals surface area contributed by atoms with Gasteiger partial charge in [0.15, 0.2) is 5.76 Å². The van der Waals surface area contributed by atoms with Gasteiger partial charge in [0.2, 0.25) is 10.0 Å². The largest absolute Gasteiger partial charge is 0.360 e. The summed E-state index contributed by atoms with van der Waals surface area (Å²) < 4.78 is 32.3. The van der Waals surface area contributed by atoms with Crippen molar-refractivity contribution in [2.75, 3.05) is 0 Å². The number of nitrogens with one attached hydrogen (secondary N) is 1. The minimum atomic E-state index is -3.64.